The number of ether oxygens (including phenoxy) is 1. The van der Waals surface area contributed by atoms with Gasteiger partial charge < -0.3 is 15.0 Å². The van der Waals surface area contributed by atoms with Gasteiger partial charge in [-0.15, -0.1) is 10.2 Å². The molecule has 5 heteroatoms. The molecule has 0 aliphatic carbocycles. The zero-order valence-corrected chi connectivity index (χ0v) is 10.8. The van der Waals surface area contributed by atoms with E-state index in [1.54, 1.807) is 0 Å². The minimum Gasteiger partial charge on any atom is -0.486 e. The van der Waals surface area contributed by atoms with Gasteiger partial charge in [0.1, 0.15) is 18.2 Å². The second-order valence-corrected chi connectivity index (χ2v) is 4.20. The van der Waals surface area contributed by atoms with E-state index in [-0.39, 0.29) is 0 Å². The highest BCUT2D eigenvalue weighted by Crippen LogP contribution is 2.15. The Bertz CT molecular complexity index is 521. The van der Waals surface area contributed by atoms with Crippen LogP contribution in [0.15, 0.2) is 24.3 Å². The summed E-state index contributed by atoms with van der Waals surface area (Å²) < 4.78 is 7.63. The van der Waals surface area contributed by atoms with Crippen LogP contribution in [-0.2, 0) is 20.1 Å². The van der Waals surface area contributed by atoms with E-state index >= 15 is 0 Å². The number of nitrogens with two attached hydrogens (primary N) is 1. The minimum absolute atomic E-state index is 0.420. The summed E-state index contributed by atoms with van der Waals surface area (Å²) in [5.41, 5.74) is 6.72. The molecule has 1 heterocycles. The molecule has 2 N–H and O–H groups in total. The molecule has 0 saturated carbocycles. The molecular weight excluding hydrogens is 228 g/mol. The lowest BCUT2D eigenvalue weighted by molar-refractivity contribution is 0.290. The van der Waals surface area contributed by atoms with E-state index in [1.165, 1.54) is 5.56 Å². The first-order chi connectivity index (χ1) is 8.70. The van der Waals surface area contributed by atoms with Crippen molar-refractivity contribution in [1.82, 2.24) is 14.8 Å². The Hall–Kier alpha value is -1.88. The third-order valence-corrected chi connectivity index (χ3v) is 2.88. The van der Waals surface area contributed by atoms with Gasteiger partial charge in [0.2, 0.25) is 0 Å². The molecule has 0 bridgehead atoms. The van der Waals surface area contributed by atoms with Crippen LogP contribution in [-0.4, -0.2) is 21.3 Å². The van der Waals surface area contributed by atoms with Gasteiger partial charge in [-0.25, -0.2) is 0 Å². The second-order valence-electron chi connectivity index (χ2n) is 4.20. The number of aromatic nitrogens is 3. The van der Waals surface area contributed by atoms with E-state index in [1.807, 2.05) is 42.8 Å². The second kappa shape index (κ2) is 5.64. The largest absolute Gasteiger partial charge is 0.486 e. The Morgan fingerprint density at radius 3 is 2.83 bits per heavy atom. The zero-order chi connectivity index (χ0) is 13.0. The van der Waals surface area contributed by atoms with E-state index in [0.29, 0.717) is 13.2 Å². The Kier molecular flexibility index (Phi) is 3.94. The number of nitrogens with zero attached hydrogens (tertiary/aromatic N) is 3. The normalized spacial score (nSPS) is 10.6. The van der Waals surface area contributed by atoms with Crippen molar-refractivity contribution >= 4 is 0 Å². The van der Waals surface area contributed by atoms with E-state index < -0.39 is 0 Å². The Morgan fingerprint density at radius 1 is 1.33 bits per heavy atom. The minimum atomic E-state index is 0.420. The lowest BCUT2D eigenvalue weighted by atomic mass is 10.1. The fraction of sp³-hybridized carbons (Fsp3) is 0.385. The molecule has 2 rings (SSSR count). The molecule has 0 unspecified atom stereocenters. The molecule has 0 fully saturated rings. The highest BCUT2D eigenvalue weighted by atomic mass is 16.5. The van der Waals surface area contributed by atoms with Crippen LogP contribution in [0.25, 0.3) is 0 Å². The van der Waals surface area contributed by atoms with E-state index in [0.717, 1.165) is 23.8 Å². The van der Waals surface area contributed by atoms with Crippen LogP contribution in [0.5, 0.6) is 5.75 Å². The van der Waals surface area contributed by atoms with E-state index in [9.17, 15) is 0 Å². The van der Waals surface area contributed by atoms with Crippen molar-refractivity contribution in [3.63, 3.8) is 0 Å². The molecule has 2 aromatic rings. The van der Waals surface area contributed by atoms with Crippen LogP contribution in [0.1, 0.15) is 17.2 Å². The van der Waals surface area contributed by atoms with Crippen LogP contribution >= 0.6 is 0 Å². The molecule has 0 spiro atoms. The SMILES string of the molecule is Cc1nnc(COc2cccc(CCN)c2)n1C. The Balaban J connectivity index is 2.01. The highest BCUT2D eigenvalue weighted by Gasteiger charge is 2.05. The van der Waals surface area contributed by atoms with Gasteiger partial charge in [-0.1, -0.05) is 12.1 Å². The topological polar surface area (TPSA) is 66.0 Å². The standard InChI is InChI=1S/C13H18N4O/c1-10-15-16-13(17(10)2)9-18-12-5-3-4-11(8-12)6-7-14/h3-5,8H,6-7,9,14H2,1-2H3. The maximum atomic E-state index is 5.71. The number of hydrogen-bond acceptors (Lipinski definition) is 4. The van der Waals surface area contributed by atoms with Crippen molar-refractivity contribution in [1.29, 1.82) is 0 Å². The van der Waals surface area contributed by atoms with Crippen molar-refractivity contribution in [2.24, 2.45) is 12.8 Å². The number of aryl methyl sites for hydroxylation is 1. The molecule has 0 amide bonds. The maximum Gasteiger partial charge on any atom is 0.170 e. The first-order valence-electron chi connectivity index (χ1n) is 5.97. The third kappa shape index (κ3) is 2.87. The smallest absolute Gasteiger partial charge is 0.170 e. The summed E-state index contributed by atoms with van der Waals surface area (Å²) in [6.45, 7) is 2.98. The molecule has 0 radical (unpaired) electrons. The molecule has 5 nitrogen and oxygen atoms in total. The Morgan fingerprint density at radius 2 is 2.17 bits per heavy atom. The predicted octanol–water partition coefficient (Wildman–Crippen LogP) is 1.20. The molecule has 0 atom stereocenters. The highest BCUT2D eigenvalue weighted by molar-refractivity contribution is 5.28. The van der Waals surface area contributed by atoms with Crippen LogP contribution in [0.2, 0.25) is 0 Å². The fourth-order valence-corrected chi connectivity index (χ4v) is 1.68. The van der Waals surface area contributed by atoms with Crippen LogP contribution in [0.3, 0.4) is 0 Å². The summed E-state index contributed by atoms with van der Waals surface area (Å²) in [6.07, 6.45) is 0.861. The summed E-state index contributed by atoms with van der Waals surface area (Å²) in [7, 11) is 1.93. The van der Waals surface area contributed by atoms with Gasteiger partial charge in [0.15, 0.2) is 5.82 Å². The van der Waals surface area contributed by atoms with Crippen molar-refractivity contribution in [2.45, 2.75) is 20.0 Å². The Labute approximate surface area is 107 Å². The molecular formula is C13H18N4O. The van der Waals surface area contributed by atoms with Crippen molar-refractivity contribution in [2.75, 3.05) is 6.54 Å². The van der Waals surface area contributed by atoms with Gasteiger partial charge in [0.05, 0.1) is 0 Å². The van der Waals surface area contributed by atoms with Gasteiger partial charge in [-0.3, -0.25) is 0 Å². The quantitative estimate of drug-likeness (QED) is 0.861. The lowest BCUT2D eigenvalue weighted by Gasteiger charge is -2.07. The predicted molar refractivity (Wildman–Crippen MR) is 69.3 cm³/mol. The summed E-state index contributed by atoms with van der Waals surface area (Å²) >= 11 is 0. The number of hydrogen-bond donors (Lipinski definition) is 1. The first-order valence-corrected chi connectivity index (χ1v) is 5.97. The lowest BCUT2D eigenvalue weighted by Crippen LogP contribution is -2.05. The summed E-state index contributed by atoms with van der Waals surface area (Å²) in [4.78, 5) is 0. The summed E-state index contributed by atoms with van der Waals surface area (Å²) in [5, 5.41) is 8.05. The summed E-state index contributed by atoms with van der Waals surface area (Å²) in [6, 6.07) is 7.97. The fourth-order valence-electron chi connectivity index (χ4n) is 1.68. The maximum absolute atomic E-state index is 5.71. The van der Waals surface area contributed by atoms with Crippen molar-refractivity contribution in [3.8, 4) is 5.75 Å². The average molecular weight is 246 g/mol. The molecule has 96 valence electrons. The van der Waals surface area contributed by atoms with Crippen LogP contribution < -0.4 is 10.5 Å². The molecule has 0 saturated heterocycles. The van der Waals surface area contributed by atoms with Gasteiger partial charge >= 0.3 is 0 Å². The third-order valence-electron chi connectivity index (χ3n) is 2.88. The first kappa shape index (κ1) is 12.6. The number of benzene rings is 1. The van der Waals surface area contributed by atoms with Crippen molar-refractivity contribution < 1.29 is 4.74 Å². The number of rotatable bonds is 5. The molecule has 1 aromatic heterocycles. The molecule has 0 aliphatic rings. The molecule has 1 aromatic carbocycles. The zero-order valence-electron chi connectivity index (χ0n) is 10.8. The monoisotopic (exact) mass is 246 g/mol. The van der Waals surface area contributed by atoms with Gasteiger partial charge in [0, 0.05) is 7.05 Å². The van der Waals surface area contributed by atoms with E-state index in [4.69, 9.17) is 10.5 Å². The van der Waals surface area contributed by atoms with Crippen LogP contribution in [0, 0.1) is 6.92 Å². The van der Waals surface area contributed by atoms with Crippen LogP contribution in [0.4, 0.5) is 0 Å². The molecule has 18 heavy (non-hydrogen) atoms. The van der Waals surface area contributed by atoms with E-state index in [2.05, 4.69) is 10.2 Å². The summed E-state index contributed by atoms with van der Waals surface area (Å²) in [5.74, 6) is 2.53. The van der Waals surface area contributed by atoms with Gasteiger partial charge in [0.25, 0.3) is 0 Å². The van der Waals surface area contributed by atoms with Gasteiger partial charge in [-0.05, 0) is 37.6 Å². The van der Waals surface area contributed by atoms with Gasteiger partial charge in [-0.2, -0.15) is 0 Å². The molecule has 0 aliphatic heterocycles. The van der Waals surface area contributed by atoms with Crippen molar-refractivity contribution in [3.05, 3.63) is 41.5 Å². The average Bonchev–Trinajstić information content (AvgIpc) is 2.69.